The van der Waals surface area contributed by atoms with Gasteiger partial charge in [0.05, 0.1) is 18.6 Å². The molecule has 0 aromatic rings. The molecule has 0 fully saturated rings. The number of allylic oxidation sites excluding steroid dienone is 1. The minimum Gasteiger partial charge on any atom is -0.466 e. The Morgan fingerprint density at radius 1 is 1.77 bits per heavy atom. The minimum absolute atomic E-state index is 0.0865. The Labute approximate surface area is 78.4 Å². The highest BCUT2D eigenvalue weighted by atomic mass is 16.5. The SMILES string of the molecule is CCOC(=O)CC1(O)CCC=C1C. The lowest BCUT2D eigenvalue weighted by molar-refractivity contribution is -0.147. The summed E-state index contributed by atoms with van der Waals surface area (Å²) >= 11 is 0. The predicted octanol–water partition coefficient (Wildman–Crippen LogP) is 1.41. The molecule has 1 unspecified atom stereocenters. The van der Waals surface area contributed by atoms with E-state index in [9.17, 15) is 9.90 Å². The van der Waals surface area contributed by atoms with Crippen molar-refractivity contribution < 1.29 is 14.6 Å². The molecule has 0 radical (unpaired) electrons. The third kappa shape index (κ3) is 2.31. The van der Waals surface area contributed by atoms with Crippen LogP contribution in [0.4, 0.5) is 0 Å². The number of rotatable bonds is 3. The molecule has 0 spiro atoms. The van der Waals surface area contributed by atoms with E-state index in [0.717, 1.165) is 12.0 Å². The summed E-state index contributed by atoms with van der Waals surface area (Å²) in [5, 5.41) is 9.99. The summed E-state index contributed by atoms with van der Waals surface area (Å²) in [7, 11) is 0. The average molecular weight is 184 g/mol. The Balaban J connectivity index is 2.52. The molecule has 1 aliphatic carbocycles. The first-order valence-electron chi connectivity index (χ1n) is 4.64. The van der Waals surface area contributed by atoms with E-state index in [0.29, 0.717) is 13.0 Å². The molecule has 1 rings (SSSR count). The fraction of sp³-hybridized carbons (Fsp3) is 0.700. The molecule has 1 atom stereocenters. The molecule has 3 heteroatoms. The normalized spacial score (nSPS) is 27.2. The zero-order valence-electron chi connectivity index (χ0n) is 8.17. The highest BCUT2D eigenvalue weighted by molar-refractivity contribution is 5.71. The van der Waals surface area contributed by atoms with Crippen LogP contribution >= 0.6 is 0 Å². The average Bonchev–Trinajstić information content (AvgIpc) is 2.32. The second-order valence-corrected chi connectivity index (χ2v) is 3.44. The van der Waals surface area contributed by atoms with Crippen LogP contribution in [-0.4, -0.2) is 23.3 Å². The topological polar surface area (TPSA) is 46.5 Å². The Morgan fingerprint density at radius 2 is 2.46 bits per heavy atom. The van der Waals surface area contributed by atoms with Gasteiger partial charge in [-0.2, -0.15) is 0 Å². The molecule has 0 aromatic heterocycles. The van der Waals surface area contributed by atoms with E-state index < -0.39 is 5.60 Å². The summed E-state index contributed by atoms with van der Waals surface area (Å²) in [6, 6.07) is 0. The van der Waals surface area contributed by atoms with Gasteiger partial charge in [-0.1, -0.05) is 6.08 Å². The third-order valence-electron chi connectivity index (χ3n) is 2.48. The van der Waals surface area contributed by atoms with Crippen LogP contribution in [0.1, 0.15) is 33.1 Å². The molecule has 1 aliphatic rings. The van der Waals surface area contributed by atoms with Crippen molar-refractivity contribution in [2.45, 2.75) is 38.7 Å². The number of hydrogen-bond acceptors (Lipinski definition) is 3. The fourth-order valence-corrected chi connectivity index (χ4v) is 1.59. The van der Waals surface area contributed by atoms with Gasteiger partial charge in [-0.05, 0) is 32.3 Å². The van der Waals surface area contributed by atoms with Crippen molar-refractivity contribution in [2.75, 3.05) is 6.61 Å². The second-order valence-electron chi connectivity index (χ2n) is 3.44. The molecular formula is C10H16O3. The molecule has 0 aliphatic heterocycles. The largest absolute Gasteiger partial charge is 0.466 e. The number of aliphatic hydroxyl groups is 1. The Hall–Kier alpha value is -0.830. The molecule has 74 valence electrons. The van der Waals surface area contributed by atoms with Gasteiger partial charge in [0.2, 0.25) is 0 Å². The maximum Gasteiger partial charge on any atom is 0.309 e. The molecule has 0 aromatic carbocycles. The summed E-state index contributed by atoms with van der Waals surface area (Å²) in [5.74, 6) is -0.320. The van der Waals surface area contributed by atoms with Crippen LogP contribution in [0.5, 0.6) is 0 Å². The molecule has 0 saturated carbocycles. The Morgan fingerprint density at radius 3 is 2.92 bits per heavy atom. The van der Waals surface area contributed by atoms with Crippen molar-refractivity contribution in [3.63, 3.8) is 0 Å². The molecule has 1 N–H and O–H groups in total. The van der Waals surface area contributed by atoms with Gasteiger partial charge in [0.1, 0.15) is 0 Å². The molecule has 0 bridgehead atoms. The van der Waals surface area contributed by atoms with Gasteiger partial charge in [-0.3, -0.25) is 4.79 Å². The van der Waals surface area contributed by atoms with Gasteiger partial charge in [-0.25, -0.2) is 0 Å². The molecule has 3 nitrogen and oxygen atoms in total. The molecular weight excluding hydrogens is 168 g/mol. The standard InChI is InChI=1S/C10H16O3/c1-3-13-9(11)7-10(12)6-4-5-8(10)2/h5,12H,3-4,6-7H2,1-2H3. The van der Waals surface area contributed by atoms with Gasteiger partial charge in [-0.15, -0.1) is 0 Å². The van der Waals surface area contributed by atoms with Crippen LogP contribution in [0.3, 0.4) is 0 Å². The monoisotopic (exact) mass is 184 g/mol. The van der Waals surface area contributed by atoms with Crippen molar-refractivity contribution in [1.29, 1.82) is 0 Å². The lowest BCUT2D eigenvalue weighted by Crippen LogP contribution is -2.31. The van der Waals surface area contributed by atoms with Crippen molar-refractivity contribution >= 4 is 5.97 Å². The number of carbonyl (C=O) groups is 1. The first kappa shape index (κ1) is 10.3. The fourth-order valence-electron chi connectivity index (χ4n) is 1.59. The summed E-state index contributed by atoms with van der Waals surface area (Å²) < 4.78 is 4.79. The van der Waals surface area contributed by atoms with Gasteiger partial charge in [0.15, 0.2) is 0 Å². The summed E-state index contributed by atoms with van der Waals surface area (Å²) in [4.78, 5) is 11.1. The lowest BCUT2D eigenvalue weighted by Gasteiger charge is -2.23. The molecule has 0 amide bonds. The van der Waals surface area contributed by atoms with Crippen LogP contribution in [0.15, 0.2) is 11.6 Å². The third-order valence-corrected chi connectivity index (χ3v) is 2.48. The minimum atomic E-state index is -0.938. The van der Waals surface area contributed by atoms with Gasteiger partial charge < -0.3 is 9.84 Å². The van der Waals surface area contributed by atoms with Crippen LogP contribution < -0.4 is 0 Å². The zero-order chi connectivity index (χ0) is 9.90. The molecule has 0 saturated heterocycles. The van der Waals surface area contributed by atoms with Crippen LogP contribution in [0.25, 0.3) is 0 Å². The number of hydrogen-bond donors (Lipinski definition) is 1. The van der Waals surface area contributed by atoms with Crippen LogP contribution in [0, 0.1) is 0 Å². The first-order valence-corrected chi connectivity index (χ1v) is 4.64. The highest BCUT2D eigenvalue weighted by Gasteiger charge is 2.35. The van der Waals surface area contributed by atoms with Gasteiger partial charge in [0, 0.05) is 0 Å². The van der Waals surface area contributed by atoms with Crippen LogP contribution in [-0.2, 0) is 9.53 Å². The van der Waals surface area contributed by atoms with Crippen LogP contribution in [0.2, 0.25) is 0 Å². The van der Waals surface area contributed by atoms with Crippen molar-refractivity contribution in [3.8, 4) is 0 Å². The van der Waals surface area contributed by atoms with E-state index in [1.165, 1.54) is 0 Å². The van der Waals surface area contributed by atoms with E-state index in [1.807, 2.05) is 13.0 Å². The van der Waals surface area contributed by atoms with Gasteiger partial charge in [0.25, 0.3) is 0 Å². The van der Waals surface area contributed by atoms with E-state index in [-0.39, 0.29) is 12.4 Å². The zero-order valence-corrected chi connectivity index (χ0v) is 8.17. The maximum atomic E-state index is 11.1. The van der Waals surface area contributed by atoms with Gasteiger partial charge >= 0.3 is 5.97 Å². The van der Waals surface area contributed by atoms with Crippen molar-refractivity contribution in [2.24, 2.45) is 0 Å². The molecule has 0 heterocycles. The summed E-state index contributed by atoms with van der Waals surface area (Å²) in [6.45, 7) is 3.99. The van der Waals surface area contributed by atoms with Crippen molar-refractivity contribution in [3.05, 3.63) is 11.6 Å². The second kappa shape index (κ2) is 3.92. The summed E-state index contributed by atoms with van der Waals surface area (Å²) in [5.41, 5.74) is -0.0488. The smallest absolute Gasteiger partial charge is 0.309 e. The van der Waals surface area contributed by atoms with Crippen molar-refractivity contribution in [1.82, 2.24) is 0 Å². The lowest BCUT2D eigenvalue weighted by atomic mass is 9.93. The number of carbonyl (C=O) groups excluding carboxylic acids is 1. The van der Waals surface area contributed by atoms with E-state index in [2.05, 4.69) is 0 Å². The van der Waals surface area contributed by atoms with E-state index >= 15 is 0 Å². The maximum absolute atomic E-state index is 11.1. The Bertz CT molecular complexity index is 232. The number of ether oxygens (including phenoxy) is 1. The number of esters is 1. The highest BCUT2D eigenvalue weighted by Crippen LogP contribution is 2.33. The van der Waals surface area contributed by atoms with E-state index in [4.69, 9.17) is 4.74 Å². The first-order chi connectivity index (χ1) is 6.08. The Kier molecular flexibility index (Phi) is 3.09. The molecule has 13 heavy (non-hydrogen) atoms. The summed E-state index contributed by atoms with van der Waals surface area (Å²) in [6.07, 6.45) is 3.54. The quantitative estimate of drug-likeness (QED) is 0.533. The predicted molar refractivity (Wildman–Crippen MR) is 49.2 cm³/mol. The van der Waals surface area contributed by atoms with E-state index in [1.54, 1.807) is 6.92 Å².